The van der Waals surface area contributed by atoms with Crippen LogP contribution >= 0.6 is 0 Å². The van der Waals surface area contributed by atoms with Crippen LogP contribution in [0.1, 0.15) is 30.9 Å². The van der Waals surface area contributed by atoms with Crippen LogP contribution in [0.3, 0.4) is 0 Å². The molecule has 23 heavy (non-hydrogen) atoms. The molecule has 1 aromatic carbocycles. The van der Waals surface area contributed by atoms with Gasteiger partial charge in [0.05, 0.1) is 17.9 Å². The van der Waals surface area contributed by atoms with Gasteiger partial charge in [-0.1, -0.05) is 12.1 Å². The molecule has 2 amide bonds. The maximum absolute atomic E-state index is 12.5. The summed E-state index contributed by atoms with van der Waals surface area (Å²) in [5, 5.41) is 0. The van der Waals surface area contributed by atoms with Crippen molar-refractivity contribution in [1.29, 1.82) is 0 Å². The Morgan fingerprint density at radius 1 is 1.22 bits per heavy atom. The zero-order valence-corrected chi connectivity index (χ0v) is 12.8. The molecule has 1 heterocycles. The summed E-state index contributed by atoms with van der Waals surface area (Å²) in [5.74, 6) is -0.991. The first-order valence-corrected chi connectivity index (χ1v) is 7.43. The number of piperidine rings is 1. The van der Waals surface area contributed by atoms with Gasteiger partial charge in [0.1, 0.15) is 0 Å². The molecule has 0 spiro atoms. The molecule has 0 saturated carbocycles. The van der Waals surface area contributed by atoms with E-state index in [9.17, 15) is 22.8 Å². The number of benzene rings is 1. The minimum atomic E-state index is -4.39. The van der Waals surface area contributed by atoms with Crippen LogP contribution in [0.15, 0.2) is 24.3 Å². The first-order chi connectivity index (χ1) is 10.7. The van der Waals surface area contributed by atoms with Crippen LogP contribution in [0.4, 0.5) is 13.2 Å². The molecule has 2 rings (SSSR count). The van der Waals surface area contributed by atoms with E-state index in [0.29, 0.717) is 18.4 Å². The van der Waals surface area contributed by atoms with E-state index in [1.807, 2.05) is 6.92 Å². The summed E-state index contributed by atoms with van der Waals surface area (Å²) < 4.78 is 37.6. The van der Waals surface area contributed by atoms with Gasteiger partial charge in [0.2, 0.25) is 11.8 Å². The van der Waals surface area contributed by atoms with Gasteiger partial charge in [-0.3, -0.25) is 9.59 Å². The predicted molar refractivity (Wildman–Crippen MR) is 78.2 cm³/mol. The number of nitrogens with two attached hydrogens (primary N) is 1. The molecule has 2 atom stereocenters. The topological polar surface area (TPSA) is 63.4 Å². The van der Waals surface area contributed by atoms with Gasteiger partial charge in [0, 0.05) is 12.6 Å². The van der Waals surface area contributed by atoms with Gasteiger partial charge in [-0.2, -0.15) is 13.2 Å². The molecule has 1 fully saturated rings. The number of carbonyl (C=O) groups excluding carboxylic acids is 2. The standard InChI is InChI=1S/C16H19F3N2O2/c1-10-2-5-12(15(20)23)9-21(10)14(22)8-11-3-6-13(7-4-11)16(17,18)19/h3-4,6-7,10,12H,2,5,8-9H2,1H3,(H2,20,23). The van der Waals surface area contributed by atoms with Crippen molar-refractivity contribution < 1.29 is 22.8 Å². The number of likely N-dealkylation sites (tertiary alicyclic amines) is 1. The zero-order valence-electron chi connectivity index (χ0n) is 12.8. The smallest absolute Gasteiger partial charge is 0.369 e. The first-order valence-electron chi connectivity index (χ1n) is 7.43. The van der Waals surface area contributed by atoms with E-state index in [4.69, 9.17) is 5.73 Å². The Balaban J connectivity index is 2.04. The molecule has 7 heteroatoms. The highest BCUT2D eigenvalue weighted by atomic mass is 19.4. The molecular formula is C16H19F3N2O2. The van der Waals surface area contributed by atoms with Gasteiger partial charge in [-0.05, 0) is 37.5 Å². The molecule has 0 bridgehead atoms. The summed E-state index contributed by atoms with van der Waals surface area (Å²) in [6.07, 6.45) is -3.04. The van der Waals surface area contributed by atoms with E-state index in [0.717, 1.165) is 12.1 Å². The third-order valence-electron chi connectivity index (χ3n) is 4.24. The lowest BCUT2D eigenvalue weighted by molar-refractivity contribution is -0.138. The molecular weight excluding hydrogens is 309 g/mol. The fourth-order valence-electron chi connectivity index (χ4n) is 2.77. The molecule has 2 unspecified atom stereocenters. The lowest BCUT2D eigenvalue weighted by atomic mass is 9.92. The number of primary amides is 1. The first kappa shape index (κ1) is 17.3. The predicted octanol–water partition coefficient (Wildman–Crippen LogP) is 2.36. The van der Waals surface area contributed by atoms with E-state index in [2.05, 4.69) is 0 Å². The SMILES string of the molecule is CC1CCC(C(N)=O)CN1C(=O)Cc1ccc(C(F)(F)F)cc1. The Bertz CT molecular complexity index is 584. The summed E-state index contributed by atoms with van der Waals surface area (Å²) >= 11 is 0. The van der Waals surface area contributed by atoms with E-state index in [-0.39, 0.29) is 30.8 Å². The van der Waals surface area contributed by atoms with E-state index in [1.165, 1.54) is 12.1 Å². The van der Waals surface area contributed by atoms with Gasteiger partial charge in [-0.15, -0.1) is 0 Å². The maximum atomic E-state index is 12.5. The van der Waals surface area contributed by atoms with E-state index in [1.54, 1.807) is 4.90 Å². The van der Waals surface area contributed by atoms with Crippen LogP contribution in [0.2, 0.25) is 0 Å². The van der Waals surface area contributed by atoms with Crippen molar-refractivity contribution in [2.45, 2.75) is 38.4 Å². The van der Waals surface area contributed by atoms with Crippen molar-refractivity contribution >= 4 is 11.8 Å². The van der Waals surface area contributed by atoms with Crippen molar-refractivity contribution in [2.75, 3.05) is 6.54 Å². The van der Waals surface area contributed by atoms with Crippen LogP contribution in [-0.2, 0) is 22.2 Å². The maximum Gasteiger partial charge on any atom is 0.416 e. The van der Waals surface area contributed by atoms with Crippen molar-refractivity contribution in [3.8, 4) is 0 Å². The van der Waals surface area contributed by atoms with Gasteiger partial charge in [0.15, 0.2) is 0 Å². The molecule has 0 aliphatic carbocycles. The Morgan fingerprint density at radius 3 is 2.35 bits per heavy atom. The van der Waals surface area contributed by atoms with Crippen molar-refractivity contribution in [3.05, 3.63) is 35.4 Å². The lowest BCUT2D eigenvalue weighted by Crippen LogP contribution is -2.49. The molecule has 126 valence electrons. The Kier molecular flexibility index (Phi) is 4.97. The minimum absolute atomic E-state index is 0.00690. The summed E-state index contributed by atoms with van der Waals surface area (Å²) in [4.78, 5) is 25.3. The van der Waals surface area contributed by atoms with Crippen molar-refractivity contribution in [1.82, 2.24) is 4.90 Å². The highest BCUT2D eigenvalue weighted by Gasteiger charge is 2.32. The van der Waals surface area contributed by atoms with Crippen LogP contribution in [0, 0.1) is 5.92 Å². The average molecular weight is 328 g/mol. The molecule has 0 aromatic heterocycles. The quantitative estimate of drug-likeness (QED) is 0.926. The van der Waals surface area contributed by atoms with Crippen LogP contribution in [0.25, 0.3) is 0 Å². The highest BCUT2D eigenvalue weighted by Crippen LogP contribution is 2.29. The fourth-order valence-corrected chi connectivity index (χ4v) is 2.77. The van der Waals surface area contributed by atoms with Crippen LogP contribution in [-0.4, -0.2) is 29.3 Å². The van der Waals surface area contributed by atoms with Crippen molar-refractivity contribution in [2.24, 2.45) is 11.7 Å². The molecule has 0 radical (unpaired) electrons. The highest BCUT2D eigenvalue weighted by molar-refractivity contribution is 5.81. The third kappa shape index (κ3) is 4.24. The number of carbonyl (C=O) groups is 2. The average Bonchev–Trinajstić information content (AvgIpc) is 2.47. The largest absolute Gasteiger partial charge is 0.416 e. The minimum Gasteiger partial charge on any atom is -0.369 e. The second-order valence-electron chi connectivity index (χ2n) is 5.94. The molecule has 4 nitrogen and oxygen atoms in total. The zero-order chi connectivity index (χ0) is 17.2. The van der Waals surface area contributed by atoms with Crippen molar-refractivity contribution in [3.63, 3.8) is 0 Å². The summed E-state index contributed by atoms with van der Waals surface area (Å²) in [5.41, 5.74) is 5.07. The number of amides is 2. The summed E-state index contributed by atoms with van der Waals surface area (Å²) in [7, 11) is 0. The number of nitrogens with zero attached hydrogens (tertiary/aromatic N) is 1. The Hall–Kier alpha value is -2.05. The summed E-state index contributed by atoms with van der Waals surface area (Å²) in [6.45, 7) is 2.16. The molecule has 1 aliphatic rings. The third-order valence-corrected chi connectivity index (χ3v) is 4.24. The molecule has 1 saturated heterocycles. The number of halogens is 3. The number of hydrogen-bond acceptors (Lipinski definition) is 2. The van der Waals surface area contributed by atoms with E-state index < -0.39 is 17.6 Å². The lowest BCUT2D eigenvalue weighted by Gasteiger charge is -2.37. The second kappa shape index (κ2) is 6.60. The van der Waals surface area contributed by atoms with Gasteiger partial charge >= 0.3 is 6.18 Å². The van der Waals surface area contributed by atoms with Gasteiger partial charge < -0.3 is 10.6 Å². The Labute approximate surface area is 132 Å². The van der Waals surface area contributed by atoms with Gasteiger partial charge in [0.25, 0.3) is 0 Å². The monoisotopic (exact) mass is 328 g/mol. The molecule has 2 N–H and O–H groups in total. The number of rotatable bonds is 3. The number of hydrogen-bond donors (Lipinski definition) is 1. The second-order valence-corrected chi connectivity index (χ2v) is 5.94. The fraction of sp³-hybridized carbons (Fsp3) is 0.500. The Morgan fingerprint density at radius 2 is 1.83 bits per heavy atom. The molecule has 1 aromatic rings. The number of alkyl halides is 3. The van der Waals surface area contributed by atoms with Gasteiger partial charge in [-0.25, -0.2) is 0 Å². The normalized spacial score (nSPS) is 22.0. The van der Waals surface area contributed by atoms with Crippen LogP contribution < -0.4 is 5.73 Å². The van der Waals surface area contributed by atoms with Crippen LogP contribution in [0.5, 0.6) is 0 Å². The summed E-state index contributed by atoms with van der Waals surface area (Å²) in [6, 6.07) is 4.54. The van der Waals surface area contributed by atoms with E-state index >= 15 is 0 Å². The molecule has 1 aliphatic heterocycles.